The number of alkyl halides is 2. The van der Waals surface area contributed by atoms with E-state index >= 15 is 0 Å². The van der Waals surface area contributed by atoms with E-state index in [-0.39, 0.29) is 5.69 Å². The molecule has 1 N–H and O–H groups in total. The lowest BCUT2D eigenvalue weighted by atomic mass is 10.2. The Morgan fingerprint density at radius 1 is 1.64 bits per heavy atom. The lowest BCUT2D eigenvalue weighted by Crippen LogP contribution is -2.21. The number of hydrogen-bond acceptors (Lipinski definition) is 1. The Morgan fingerprint density at radius 3 is 2.64 bits per heavy atom. The molecule has 11 heavy (non-hydrogen) atoms. The number of aliphatic hydroxyl groups excluding tert-OH is 1. The summed E-state index contributed by atoms with van der Waals surface area (Å²) in [4.78, 5) is 0. The summed E-state index contributed by atoms with van der Waals surface area (Å²) >= 11 is 0. The normalized spacial score (nSPS) is 12.0. The van der Waals surface area contributed by atoms with Gasteiger partial charge in [0, 0.05) is 13.2 Å². The highest BCUT2D eigenvalue weighted by Gasteiger charge is 2.32. The Balaban J connectivity index is 3.00. The second-order valence-electron chi connectivity index (χ2n) is 2.37. The van der Waals surface area contributed by atoms with Crippen LogP contribution in [0.2, 0.25) is 0 Å². The molecule has 0 aliphatic heterocycles. The standard InChI is InChI=1S/C7H9F2NO/c1-10-4-2-3-6(10)7(8,9)5-11/h2-4,11H,5H2,1H3. The van der Waals surface area contributed by atoms with E-state index in [0.717, 1.165) is 0 Å². The maximum absolute atomic E-state index is 12.7. The summed E-state index contributed by atoms with van der Waals surface area (Å²) in [6, 6.07) is 2.80. The summed E-state index contributed by atoms with van der Waals surface area (Å²) in [5, 5.41) is 8.33. The van der Waals surface area contributed by atoms with Crippen molar-refractivity contribution in [1.29, 1.82) is 0 Å². The van der Waals surface area contributed by atoms with Crippen molar-refractivity contribution in [3.8, 4) is 0 Å². The summed E-state index contributed by atoms with van der Waals surface area (Å²) < 4.78 is 26.7. The zero-order valence-corrected chi connectivity index (χ0v) is 6.09. The van der Waals surface area contributed by atoms with Crippen LogP contribution in [0.1, 0.15) is 5.69 Å². The molecule has 1 aromatic heterocycles. The SMILES string of the molecule is Cn1cccc1C(F)(F)CO. The highest BCUT2D eigenvalue weighted by Crippen LogP contribution is 2.26. The van der Waals surface area contributed by atoms with E-state index in [1.54, 1.807) is 0 Å². The molecule has 0 amide bonds. The van der Waals surface area contributed by atoms with Gasteiger partial charge in [-0.25, -0.2) is 0 Å². The van der Waals surface area contributed by atoms with E-state index < -0.39 is 12.5 Å². The third-order valence-electron chi connectivity index (χ3n) is 1.52. The van der Waals surface area contributed by atoms with Crippen LogP contribution in [0.15, 0.2) is 18.3 Å². The van der Waals surface area contributed by atoms with Gasteiger partial charge >= 0.3 is 5.92 Å². The predicted octanol–water partition coefficient (Wildman–Crippen LogP) is 1.11. The molecule has 0 saturated carbocycles. The van der Waals surface area contributed by atoms with E-state index in [1.807, 2.05) is 0 Å². The molecule has 4 heteroatoms. The fraction of sp³-hybridized carbons (Fsp3) is 0.429. The van der Waals surface area contributed by atoms with Crippen LogP contribution >= 0.6 is 0 Å². The molecular weight excluding hydrogens is 152 g/mol. The van der Waals surface area contributed by atoms with Gasteiger partial charge in [0.15, 0.2) is 0 Å². The number of aromatic nitrogens is 1. The van der Waals surface area contributed by atoms with Crippen LogP contribution < -0.4 is 0 Å². The zero-order chi connectivity index (χ0) is 8.48. The Labute approximate surface area is 63.1 Å². The first-order valence-electron chi connectivity index (χ1n) is 3.18. The van der Waals surface area contributed by atoms with Crippen LogP contribution in [0, 0.1) is 0 Å². The molecule has 0 aromatic carbocycles. The van der Waals surface area contributed by atoms with Gasteiger partial charge in [0.25, 0.3) is 0 Å². The molecule has 1 heterocycles. The monoisotopic (exact) mass is 161 g/mol. The van der Waals surface area contributed by atoms with E-state index in [4.69, 9.17) is 5.11 Å². The van der Waals surface area contributed by atoms with Crippen molar-refractivity contribution in [2.45, 2.75) is 5.92 Å². The van der Waals surface area contributed by atoms with Crippen LogP contribution in [0.3, 0.4) is 0 Å². The minimum Gasteiger partial charge on any atom is -0.390 e. The third kappa shape index (κ3) is 1.40. The molecule has 1 aromatic rings. The first-order valence-corrected chi connectivity index (χ1v) is 3.18. The maximum atomic E-state index is 12.7. The molecule has 0 aliphatic carbocycles. The topological polar surface area (TPSA) is 25.2 Å². The zero-order valence-electron chi connectivity index (χ0n) is 6.09. The Morgan fingerprint density at radius 2 is 2.27 bits per heavy atom. The Kier molecular flexibility index (Phi) is 1.95. The van der Waals surface area contributed by atoms with E-state index in [2.05, 4.69) is 0 Å². The van der Waals surface area contributed by atoms with Gasteiger partial charge in [-0.2, -0.15) is 8.78 Å². The molecule has 1 rings (SSSR count). The fourth-order valence-corrected chi connectivity index (χ4v) is 0.922. The summed E-state index contributed by atoms with van der Waals surface area (Å²) in [5.41, 5.74) is -0.167. The van der Waals surface area contributed by atoms with Gasteiger partial charge in [0.05, 0.1) is 5.69 Å². The average molecular weight is 161 g/mol. The van der Waals surface area contributed by atoms with Crippen molar-refractivity contribution >= 4 is 0 Å². The van der Waals surface area contributed by atoms with Gasteiger partial charge in [-0.05, 0) is 12.1 Å². The molecule has 0 fully saturated rings. The molecule has 0 bridgehead atoms. The number of hydrogen-bond donors (Lipinski definition) is 1. The second-order valence-corrected chi connectivity index (χ2v) is 2.37. The minimum absolute atomic E-state index is 0.167. The summed E-state index contributed by atoms with van der Waals surface area (Å²) in [6.07, 6.45) is 1.51. The van der Waals surface area contributed by atoms with Crippen molar-refractivity contribution in [2.24, 2.45) is 7.05 Å². The number of rotatable bonds is 2. The summed E-state index contributed by atoms with van der Waals surface area (Å²) in [5.74, 6) is -3.13. The van der Waals surface area contributed by atoms with Gasteiger partial charge in [-0.15, -0.1) is 0 Å². The van der Waals surface area contributed by atoms with Crippen molar-refractivity contribution in [1.82, 2.24) is 4.57 Å². The molecular formula is C7H9F2NO. The highest BCUT2D eigenvalue weighted by molar-refractivity contribution is 5.12. The van der Waals surface area contributed by atoms with Crippen molar-refractivity contribution < 1.29 is 13.9 Å². The Hall–Kier alpha value is -0.900. The number of aryl methyl sites for hydroxylation is 1. The van der Waals surface area contributed by atoms with Gasteiger partial charge in [-0.1, -0.05) is 0 Å². The van der Waals surface area contributed by atoms with E-state index in [0.29, 0.717) is 0 Å². The van der Waals surface area contributed by atoms with Gasteiger partial charge in [0.2, 0.25) is 0 Å². The summed E-state index contributed by atoms with van der Waals surface area (Å²) in [6.45, 7) is -1.15. The molecule has 62 valence electrons. The van der Waals surface area contributed by atoms with Gasteiger partial charge in [0.1, 0.15) is 6.61 Å². The predicted molar refractivity (Wildman–Crippen MR) is 36.4 cm³/mol. The van der Waals surface area contributed by atoms with Crippen molar-refractivity contribution in [2.75, 3.05) is 6.61 Å². The largest absolute Gasteiger partial charge is 0.390 e. The van der Waals surface area contributed by atoms with E-state index in [9.17, 15) is 8.78 Å². The number of halogens is 2. The third-order valence-corrected chi connectivity index (χ3v) is 1.52. The molecule has 0 spiro atoms. The molecule has 0 radical (unpaired) electrons. The van der Waals surface area contributed by atoms with Gasteiger partial charge < -0.3 is 9.67 Å². The van der Waals surface area contributed by atoms with Crippen LogP contribution in [0.5, 0.6) is 0 Å². The van der Waals surface area contributed by atoms with Crippen molar-refractivity contribution in [3.63, 3.8) is 0 Å². The molecule has 0 saturated heterocycles. The lowest BCUT2D eigenvalue weighted by Gasteiger charge is -2.13. The van der Waals surface area contributed by atoms with E-state index in [1.165, 1.54) is 29.9 Å². The van der Waals surface area contributed by atoms with Crippen molar-refractivity contribution in [3.05, 3.63) is 24.0 Å². The first kappa shape index (κ1) is 8.20. The number of aliphatic hydroxyl groups is 1. The smallest absolute Gasteiger partial charge is 0.310 e. The Bertz CT molecular complexity index is 244. The minimum atomic E-state index is -3.13. The number of nitrogens with zero attached hydrogens (tertiary/aromatic N) is 1. The van der Waals surface area contributed by atoms with Crippen LogP contribution in [-0.4, -0.2) is 16.3 Å². The first-order chi connectivity index (χ1) is 5.08. The lowest BCUT2D eigenvalue weighted by molar-refractivity contribution is -0.0613. The highest BCUT2D eigenvalue weighted by atomic mass is 19.3. The van der Waals surface area contributed by atoms with Crippen LogP contribution in [0.25, 0.3) is 0 Å². The second kappa shape index (κ2) is 2.62. The average Bonchev–Trinajstić information content (AvgIpc) is 2.36. The van der Waals surface area contributed by atoms with Gasteiger partial charge in [-0.3, -0.25) is 0 Å². The maximum Gasteiger partial charge on any atom is 0.310 e. The fourth-order valence-electron chi connectivity index (χ4n) is 0.922. The summed E-state index contributed by atoms with van der Waals surface area (Å²) in [7, 11) is 1.51. The molecule has 0 unspecified atom stereocenters. The quantitative estimate of drug-likeness (QED) is 0.690. The van der Waals surface area contributed by atoms with Crippen LogP contribution in [0.4, 0.5) is 8.78 Å². The molecule has 0 aliphatic rings. The molecule has 0 atom stereocenters. The van der Waals surface area contributed by atoms with Crippen LogP contribution in [-0.2, 0) is 13.0 Å². The molecule has 2 nitrogen and oxygen atoms in total.